The fraction of sp³-hybridized carbons (Fsp3) is 0.375. The Kier molecular flexibility index (Phi) is 13.7. The molecule has 2 nitrogen and oxygen atoms in total. The van der Waals surface area contributed by atoms with Gasteiger partial charge < -0.3 is 10.2 Å². The Bertz CT molecular complexity index is 1050. The minimum Gasteiger partial charge on any atom is -0.505 e. The number of benzene rings is 2. The van der Waals surface area contributed by atoms with Crippen LogP contribution >= 0.6 is 0 Å². The molecule has 0 atom stereocenters. The van der Waals surface area contributed by atoms with Crippen molar-refractivity contribution in [1.82, 2.24) is 0 Å². The second-order valence-corrected chi connectivity index (χ2v) is 10.2. The number of phenols is 2. The van der Waals surface area contributed by atoms with Gasteiger partial charge in [0.05, 0.1) is 0 Å². The molecule has 0 radical (unpaired) electrons. The molecule has 0 spiro atoms. The molecule has 2 aliphatic rings. The van der Waals surface area contributed by atoms with Crippen molar-refractivity contribution in [3.63, 3.8) is 0 Å². The number of hydrogen-bond donors (Lipinski definition) is 2. The van der Waals surface area contributed by atoms with Gasteiger partial charge in [0, 0.05) is 0 Å². The smallest absolute Gasteiger partial charge is 0.505 e. The second kappa shape index (κ2) is 14.6. The first-order valence-electron chi connectivity index (χ1n) is 12.0. The molecule has 0 bridgehead atoms. The van der Waals surface area contributed by atoms with E-state index >= 15 is 0 Å². The third-order valence-corrected chi connectivity index (χ3v) is 6.83. The van der Waals surface area contributed by atoms with Crippen LogP contribution in [0.3, 0.4) is 0 Å². The normalized spacial score (nSPS) is 16.6. The Hall–Kier alpha value is -2.26. The van der Waals surface area contributed by atoms with E-state index in [0.29, 0.717) is 0 Å². The summed E-state index contributed by atoms with van der Waals surface area (Å²) in [5.74, 6) is -1.75. The maximum absolute atomic E-state index is 12.1. The van der Waals surface area contributed by atoms with Crippen LogP contribution in [-0.4, -0.2) is 10.2 Å². The standard InChI is InChI=1S/2C10H15.2C6H5FO.Zr/c2*1-7-6-10(4,5)9(3)8(7)2;2*7-5-3-1-2-4-6(5)8;/h2*1-5H3;2*1-4,8H;/q2*-1;;;+2. The van der Waals surface area contributed by atoms with Gasteiger partial charge in [0.25, 0.3) is 0 Å². The summed E-state index contributed by atoms with van der Waals surface area (Å²) in [6.45, 7) is 21.8. The van der Waals surface area contributed by atoms with Crippen LogP contribution in [0, 0.1) is 34.6 Å². The van der Waals surface area contributed by atoms with Crippen molar-refractivity contribution in [2.24, 2.45) is 10.8 Å². The molecule has 0 heterocycles. The fourth-order valence-electron chi connectivity index (χ4n) is 3.72. The third-order valence-electron chi connectivity index (χ3n) is 6.83. The van der Waals surface area contributed by atoms with E-state index in [1.165, 1.54) is 69.8 Å². The quantitative estimate of drug-likeness (QED) is 0.303. The number of halogens is 2. The zero-order chi connectivity index (χ0) is 27.8. The van der Waals surface area contributed by atoms with Crippen LogP contribution < -0.4 is 0 Å². The van der Waals surface area contributed by atoms with Gasteiger partial charge in [0.1, 0.15) is 0 Å². The van der Waals surface area contributed by atoms with Gasteiger partial charge >= 0.3 is 26.2 Å². The van der Waals surface area contributed by atoms with Crippen LogP contribution in [-0.2, 0) is 26.2 Å². The Labute approximate surface area is 241 Å². The molecule has 5 heteroatoms. The summed E-state index contributed by atoms with van der Waals surface area (Å²) >= 11 is 0. The molecular weight excluding hydrogens is 546 g/mol. The van der Waals surface area contributed by atoms with Gasteiger partial charge in [0.15, 0.2) is 23.1 Å². The molecule has 0 saturated carbocycles. The predicted molar refractivity (Wildman–Crippen MR) is 145 cm³/mol. The van der Waals surface area contributed by atoms with Crippen LogP contribution in [0.15, 0.2) is 82.0 Å². The summed E-state index contributed by atoms with van der Waals surface area (Å²) in [7, 11) is 0. The van der Waals surface area contributed by atoms with Crippen LogP contribution in [0.25, 0.3) is 0 Å². The average molecular weight is 586 g/mol. The number of para-hydroxylation sites is 2. The van der Waals surface area contributed by atoms with Gasteiger partial charge in [-0.05, 0) is 24.3 Å². The largest absolute Gasteiger partial charge is 2.00 e. The molecule has 2 aromatic rings. The second-order valence-electron chi connectivity index (χ2n) is 10.2. The van der Waals surface area contributed by atoms with Crippen molar-refractivity contribution in [3.05, 3.63) is 106 Å². The van der Waals surface area contributed by atoms with Gasteiger partial charge in [0.2, 0.25) is 0 Å². The minimum atomic E-state index is -0.576. The average Bonchev–Trinajstić information content (AvgIpc) is 3.09. The molecule has 0 aliphatic heterocycles. The summed E-state index contributed by atoms with van der Waals surface area (Å²) in [5, 5.41) is 17.1. The van der Waals surface area contributed by atoms with Crippen LogP contribution in [0.4, 0.5) is 8.78 Å². The number of aromatic hydroxyl groups is 2. The van der Waals surface area contributed by atoms with Crippen molar-refractivity contribution in [1.29, 1.82) is 0 Å². The molecular formula is C32H40F2O2Zr. The maximum Gasteiger partial charge on any atom is 2.00 e. The maximum atomic E-state index is 12.1. The summed E-state index contributed by atoms with van der Waals surface area (Å²) in [5.41, 5.74) is 8.79. The van der Waals surface area contributed by atoms with E-state index < -0.39 is 11.6 Å². The van der Waals surface area contributed by atoms with E-state index in [2.05, 4.69) is 81.4 Å². The molecule has 2 aliphatic carbocycles. The molecule has 0 aromatic heterocycles. The first kappa shape index (κ1) is 34.7. The van der Waals surface area contributed by atoms with Crippen molar-refractivity contribution >= 4 is 0 Å². The molecule has 0 saturated heterocycles. The SMILES string of the molecule is CC1=[C-]C(C)(C)C(C)=C1C.CC1=[C-]C(C)(C)C(C)=C1C.Oc1ccccc1F.Oc1ccccc1F.[Zr+2]. The van der Waals surface area contributed by atoms with Gasteiger partial charge in [-0.3, -0.25) is 12.2 Å². The van der Waals surface area contributed by atoms with Crippen LogP contribution in [0.1, 0.15) is 69.2 Å². The van der Waals surface area contributed by atoms with Crippen molar-refractivity contribution < 1.29 is 45.2 Å². The summed E-state index contributed by atoms with van der Waals surface area (Å²) in [6.07, 6.45) is 6.87. The molecule has 198 valence electrons. The number of rotatable bonds is 0. The molecule has 0 amide bonds. The van der Waals surface area contributed by atoms with Crippen LogP contribution in [0.5, 0.6) is 11.5 Å². The molecule has 2 N–H and O–H groups in total. The van der Waals surface area contributed by atoms with Gasteiger partial charge in [-0.1, -0.05) is 90.5 Å². The van der Waals surface area contributed by atoms with E-state index in [-0.39, 0.29) is 48.5 Å². The van der Waals surface area contributed by atoms with E-state index in [1.807, 2.05) is 0 Å². The summed E-state index contributed by atoms with van der Waals surface area (Å²) in [6, 6.07) is 11.2. The predicted octanol–water partition coefficient (Wildman–Crippen LogP) is 9.28. The Morgan fingerprint density at radius 2 is 0.838 bits per heavy atom. The fourth-order valence-corrected chi connectivity index (χ4v) is 3.72. The number of phenolic OH excluding ortho intramolecular Hbond substituents is 2. The van der Waals surface area contributed by atoms with E-state index in [9.17, 15) is 8.78 Å². The van der Waals surface area contributed by atoms with Gasteiger partial charge in [-0.15, -0.1) is 13.8 Å². The van der Waals surface area contributed by atoms with Gasteiger partial charge in [-0.25, -0.2) is 19.9 Å². The van der Waals surface area contributed by atoms with Gasteiger partial charge in [-0.2, -0.15) is 22.3 Å². The molecule has 37 heavy (non-hydrogen) atoms. The molecule has 2 aromatic carbocycles. The first-order valence-corrected chi connectivity index (χ1v) is 12.0. The topological polar surface area (TPSA) is 40.5 Å². The monoisotopic (exact) mass is 584 g/mol. The van der Waals surface area contributed by atoms with E-state index in [1.54, 1.807) is 12.1 Å². The van der Waals surface area contributed by atoms with Crippen molar-refractivity contribution in [2.75, 3.05) is 0 Å². The van der Waals surface area contributed by atoms with Crippen LogP contribution in [0.2, 0.25) is 0 Å². The third kappa shape index (κ3) is 10.2. The van der Waals surface area contributed by atoms with Crippen molar-refractivity contribution in [3.8, 4) is 11.5 Å². The van der Waals surface area contributed by atoms with E-state index in [0.717, 1.165) is 0 Å². The summed E-state index contributed by atoms with van der Waals surface area (Å²) < 4.78 is 24.1. The Morgan fingerprint density at radius 3 is 0.946 bits per heavy atom. The molecule has 4 rings (SSSR count). The first-order chi connectivity index (χ1) is 16.5. The molecule has 0 unspecified atom stereocenters. The summed E-state index contributed by atoms with van der Waals surface area (Å²) in [4.78, 5) is 0. The van der Waals surface area contributed by atoms with Crippen molar-refractivity contribution in [2.45, 2.75) is 69.2 Å². The zero-order valence-electron chi connectivity index (χ0n) is 23.8. The van der Waals surface area contributed by atoms with E-state index in [4.69, 9.17) is 10.2 Å². The Morgan fingerprint density at radius 1 is 0.568 bits per heavy atom. The minimum absolute atomic E-state index is 0. The number of allylic oxidation sites excluding steroid dienone is 8. The number of hydrogen-bond acceptors (Lipinski definition) is 2. The molecule has 0 fully saturated rings. The Balaban J connectivity index is 0.000000465. The zero-order valence-corrected chi connectivity index (χ0v) is 26.2.